The number of nitrogens with zero attached hydrogens (tertiary/aromatic N) is 5. The molecule has 1 aromatic carbocycles. The maximum atomic E-state index is 12.1. The van der Waals surface area contributed by atoms with Gasteiger partial charge >= 0.3 is 23.5 Å². The zero-order chi connectivity index (χ0) is 34.9. The Hall–Kier alpha value is -3.18. The topological polar surface area (TPSA) is 322 Å². The molecule has 24 heteroatoms. The standard InChI is InChI=1S/C23H29N6O15P3/c1-12(2)21(15-5-13(7-24)3-4-16(15)29(31)32)40-9-14-8-28(23-20(14)22(25)26-11-27-23)19-6-17(30)18(42-19)10-41-46(36,37)44-47(38,39)43-45(33,34)35/h3-5,8,11-12,17-19,21,30H,6,9-10H2,1-2H3,(H,36,37)(H,38,39)(H2,25,26,27)(H2,33,34,35)/t17?,18-,19-,21+/m1/s1. The molecule has 7 N–H and O–H groups in total. The van der Waals surface area contributed by atoms with Crippen LogP contribution in [0.15, 0.2) is 30.7 Å². The van der Waals surface area contributed by atoms with E-state index in [-0.39, 0.29) is 47.2 Å². The van der Waals surface area contributed by atoms with Crippen LogP contribution in [0.3, 0.4) is 0 Å². The summed E-state index contributed by atoms with van der Waals surface area (Å²) < 4.78 is 59.9. The molecule has 6 atom stereocenters. The van der Waals surface area contributed by atoms with E-state index >= 15 is 0 Å². The lowest BCUT2D eigenvalue weighted by Gasteiger charge is -2.22. The molecule has 1 aliphatic heterocycles. The molecule has 256 valence electrons. The van der Waals surface area contributed by atoms with Crippen LogP contribution in [-0.2, 0) is 42.9 Å². The lowest BCUT2D eigenvalue weighted by Crippen LogP contribution is -2.26. The molecule has 21 nitrogen and oxygen atoms in total. The summed E-state index contributed by atoms with van der Waals surface area (Å²) in [4.78, 5) is 55.8. The van der Waals surface area contributed by atoms with Crippen LogP contribution in [0, 0.1) is 27.4 Å². The van der Waals surface area contributed by atoms with E-state index in [1.807, 2.05) is 6.07 Å². The van der Waals surface area contributed by atoms with Gasteiger partial charge < -0.3 is 44.5 Å². The number of aliphatic hydroxyl groups is 1. The molecule has 1 saturated heterocycles. The van der Waals surface area contributed by atoms with E-state index in [0.29, 0.717) is 10.9 Å². The Kier molecular flexibility index (Phi) is 11.0. The molecule has 0 amide bonds. The maximum Gasteiger partial charge on any atom is 0.490 e. The van der Waals surface area contributed by atoms with Gasteiger partial charge in [-0.15, -0.1) is 0 Å². The quantitative estimate of drug-likeness (QED) is 0.0791. The number of fused-ring (bicyclic) bond motifs is 1. The van der Waals surface area contributed by atoms with E-state index in [1.54, 1.807) is 13.8 Å². The first-order valence-corrected chi connectivity index (χ1v) is 17.8. The number of phosphoric acid groups is 3. The maximum absolute atomic E-state index is 12.1. The number of nitro groups is 1. The number of hydrogen-bond donors (Lipinski definition) is 6. The van der Waals surface area contributed by atoms with Gasteiger partial charge in [0.05, 0.1) is 52.9 Å². The zero-order valence-corrected chi connectivity index (χ0v) is 27.1. The van der Waals surface area contributed by atoms with Gasteiger partial charge in [0.2, 0.25) is 0 Å². The first-order chi connectivity index (χ1) is 21.8. The molecule has 0 radical (unpaired) electrons. The molecule has 2 aromatic heterocycles. The molecule has 0 spiro atoms. The number of phosphoric ester groups is 1. The minimum atomic E-state index is -5.75. The predicted octanol–water partition coefficient (Wildman–Crippen LogP) is 2.70. The summed E-state index contributed by atoms with van der Waals surface area (Å²) in [6.07, 6.45) is -1.89. The number of rotatable bonds is 14. The Balaban J connectivity index is 1.55. The molecule has 3 heterocycles. The monoisotopic (exact) mass is 722 g/mol. The summed E-state index contributed by atoms with van der Waals surface area (Å²) in [7, 11) is -16.8. The number of benzene rings is 1. The minimum absolute atomic E-state index is 0.0497. The number of ether oxygens (including phenoxy) is 2. The van der Waals surface area contributed by atoms with Gasteiger partial charge in [0.15, 0.2) is 0 Å². The summed E-state index contributed by atoms with van der Waals surface area (Å²) >= 11 is 0. The Morgan fingerprint density at radius 1 is 1.19 bits per heavy atom. The SMILES string of the molecule is CC(C)[C@H](OCc1cn([C@H]2CC(O)[C@@H](COP(=O)(O)OP(=O)(O)OP(=O)(O)O)O2)c2ncnc(N)c12)c1cc(C#N)ccc1[N+](=O)[O-]. The normalized spacial score (nSPS) is 21.7. The van der Waals surface area contributed by atoms with Crippen LogP contribution in [0.5, 0.6) is 0 Å². The molecule has 0 aliphatic carbocycles. The number of nitriles is 1. The van der Waals surface area contributed by atoms with Gasteiger partial charge in [-0.2, -0.15) is 13.9 Å². The average molecular weight is 722 g/mol. The summed E-state index contributed by atoms with van der Waals surface area (Å²) in [6.45, 7) is 2.52. The van der Waals surface area contributed by atoms with Crippen LogP contribution < -0.4 is 5.73 Å². The Labute approximate surface area is 265 Å². The van der Waals surface area contributed by atoms with E-state index < -0.39 is 59.5 Å². The first kappa shape index (κ1) is 36.7. The minimum Gasteiger partial charge on any atom is -0.390 e. The number of nitrogen functional groups attached to an aromatic ring is 1. The third kappa shape index (κ3) is 9.04. The number of aliphatic hydroxyl groups excluding tert-OH is 1. The van der Waals surface area contributed by atoms with Crippen molar-refractivity contribution in [2.45, 2.75) is 51.4 Å². The van der Waals surface area contributed by atoms with Crippen LogP contribution in [0.1, 0.15) is 49.3 Å². The second kappa shape index (κ2) is 14.1. The largest absolute Gasteiger partial charge is 0.490 e. The summed E-state index contributed by atoms with van der Waals surface area (Å²) in [5, 5.41) is 32.0. The average Bonchev–Trinajstić information content (AvgIpc) is 3.50. The van der Waals surface area contributed by atoms with Crippen molar-refractivity contribution in [3.05, 3.63) is 57.5 Å². The van der Waals surface area contributed by atoms with Crippen LogP contribution in [0.25, 0.3) is 11.0 Å². The molecule has 0 saturated carbocycles. The van der Waals surface area contributed by atoms with Crippen LogP contribution in [0.2, 0.25) is 0 Å². The fraction of sp³-hybridized carbons (Fsp3) is 0.435. The molecule has 4 rings (SSSR count). The predicted molar refractivity (Wildman–Crippen MR) is 156 cm³/mol. The number of hydrogen-bond acceptors (Lipinski definition) is 15. The lowest BCUT2D eigenvalue weighted by molar-refractivity contribution is -0.386. The smallest absolute Gasteiger partial charge is 0.390 e. The fourth-order valence-corrected chi connectivity index (χ4v) is 7.89. The third-order valence-electron chi connectivity index (χ3n) is 6.73. The molecular formula is C23H29N6O15P3. The van der Waals surface area contributed by atoms with Gasteiger partial charge in [0.1, 0.15) is 30.1 Å². The van der Waals surface area contributed by atoms with Crippen molar-refractivity contribution in [2.75, 3.05) is 12.3 Å². The second-order valence-corrected chi connectivity index (χ2v) is 14.9. The van der Waals surface area contributed by atoms with Crippen molar-refractivity contribution in [3.63, 3.8) is 0 Å². The molecule has 3 aromatic rings. The number of nitrogens with two attached hydrogens (primary N) is 1. The highest BCUT2D eigenvalue weighted by atomic mass is 31.3. The van der Waals surface area contributed by atoms with E-state index in [1.165, 1.54) is 35.3 Å². The molecule has 47 heavy (non-hydrogen) atoms. The van der Waals surface area contributed by atoms with Gasteiger partial charge in [-0.25, -0.2) is 23.7 Å². The molecule has 1 fully saturated rings. The van der Waals surface area contributed by atoms with E-state index in [0.717, 1.165) is 0 Å². The van der Waals surface area contributed by atoms with Crippen LogP contribution in [-0.4, -0.2) is 63.0 Å². The highest BCUT2D eigenvalue weighted by molar-refractivity contribution is 7.66. The molecule has 0 bridgehead atoms. The number of anilines is 1. The van der Waals surface area contributed by atoms with Crippen molar-refractivity contribution < 1.29 is 65.9 Å². The highest BCUT2D eigenvalue weighted by Gasteiger charge is 2.43. The van der Waals surface area contributed by atoms with Crippen molar-refractivity contribution >= 4 is 46.0 Å². The fourth-order valence-electron chi connectivity index (χ4n) is 4.86. The lowest BCUT2D eigenvalue weighted by atomic mass is 9.95. The third-order valence-corrected chi connectivity index (χ3v) is 10.5. The molecular weight excluding hydrogens is 693 g/mol. The van der Waals surface area contributed by atoms with Gasteiger partial charge in [-0.1, -0.05) is 13.8 Å². The van der Waals surface area contributed by atoms with Crippen molar-refractivity contribution in [3.8, 4) is 6.07 Å². The van der Waals surface area contributed by atoms with Crippen molar-refractivity contribution in [1.29, 1.82) is 5.26 Å². The molecule has 1 aliphatic rings. The Morgan fingerprint density at radius 2 is 1.89 bits per heavy atom. The zero-order valence-electron chi connectivity index (χ0n) is 24.4. The van der Waals surface area contributed by atoms with Gasteiger partial charge in [-0.3, -0.25) is 14.6 Å². The number of nitro benzene ring substituents is 1. The van der Waals surface area contributed by atoms with Gasteiger partial charge in [-0.05, 0) is 18.1 Å². The molecule has 3 unspecified atom stereocenters. The van der Waals surface area contributed by atoms with E-state index in [9.17, 15) is 44.0 Å². The van der Waals surface area contributed by atoms with Crippen LogP contribution >= 0.6 is 23.5 Å². The summed E-state index contributed by atoms with van der Waals surface area (Å²) in [6, 6.07) is 5.91. The van der Waals surface area contributed by atoms with E-state index in [2.05, 4.69) is 23.1 Å². The number of aromatic nitrogens is 3. The first-order valence-electron chi connectivity index (χ1n) is 13.3. The van der Waals surface area contributed by atoms with Crippen molar-refractivity contribution in [1.82, 2.24) is 14.5 Å². The highest BCUT2D eigenvalue weighted by Crippen LogP contribution is 2.66. The van der Waals surface area contributed by atoms with Gasteiger partial charge in [0.25, 0.3) is 5.69 Å². The van der Waals surface area contributed by atoms with E-state index in [4.69, 9.17) is 25.0 Å². The van der Waals surface area contributed by atoms with Crippen LogP contribution in [0.4, 0.5) is 11.5 Å². The summed E-state index contributed by atoms with van der Waals surface area (Å²) in [5.74, 6) is -0.234. The Bertz CT molecular complexity index is 1840. The summed E-state index contributed by atoms with van der Waals surface area (Å²) in [5.41, 5.74) is 6.98. The second-order valence-electron chi connectivity index (χ2n) is 10.5. The Morgan fingerprint density at radius 3 is 2.51 bits per heavy atom. The van der Waals surface area contributed by atoms with Gasteiger partial charge in [0, 0.05) is 24.2 Å². The van der Waals surface area contributed by atoms with Crippen molar-refractivity contribution in [2.24, 2.45) is 5.92 Å².